The normalized spacial score (nSPS) is 16.4. The molecule has 1 aliphatic rings. The Morgan fingerprint density at radius 2 is 1.79 bits per heavy atom. The van der Waals surface area contributed by atoms with Gasteiger partial charge in [-0.25, -0.2) is 0 Å². The molecule has 0 saturated carbocycles. The molecule has 3 rings (SSSR count). The van der Waals surface area contributed by atoms with E-state index in [2.05, 4.69) is 5.32 Å². The quantitative estimate of drug-likeness (QED) is 0.681. The lowest BCUT2D eigenvalue weighted by Crippen LogP contribution is -2.33. The highest BCUT2D eigenvalue weighted by atomic mass is 32.2. The molecule has 1 saturated heterocycles. The van der Waals surface area contributed by atoms with Crippen LogP contribution in [0.15, 0.2) is 71.7 Å². The molecule has 144 valence electrons. The van der Waals surface area contributed by atoms with Crippen molar-refractivity contribution in [3.63, 3.8) is 0 Å². The summed E-state index contributed by atoms with van der Waals surface area (Å²) in [6.07, 6.45) is 0.553. The van der Waals surface area contributed by atoms with E-state index in [9.17, 15) is 22.8 Å². The highest BCUT2D eigenvalue weighted by Crippen LogP contribution is 2.32. The number of carbonyl (C=O) groups is 2. The zero-order valence-corrected chi connectivity index (χ0v) is 15.3. The second-order valence-corrected chi connectivity index (χ2v) is 6.81. The molecule has 2 aromatic rings. The number of nitrogens with zero attached hydrogens (tertiary/aromatic N) is 1. The van der Waals surface area contributed by atoms with E-state index in [1.54, 1.807) is 18.2 Å². The number of alkyl halides is 3. The molecule has 1 fully saturated rings. The molecule has 0 aromatic heterocycles. The fourth-order valence-electron chi connectivity index (χ4n) is 2.44. The number of halogens is 3. The highest BCUT2D eigenvalue weighted by Gasteiger charge is 2.34. The lowest BCUT2D eigenvalue weighted by Gasteiger charge is -2.15. The number of rotatable bonds is 5. The van der Waals surface area contributed by atoms with Crippen LogP contribution >= 0.6 is 11.8 Å². The largest absolute Gasteiger partial charge is 0.416 e. The zero-order chi connectivity index (χ0) is 20.1. The summed E-state index contributed by atoms with van der Waals surface area (Å²) in [7, 11) is 0. The third-order valence-electron chi connectivity index (χ3n) is 3.84. The Morgan fingerprint density at radius 1 is 1.04 bits per heavy atom. The average Bonchev–Trinajstić information content (AvgIpc) is 2.94. The second-order valence-electron chi connectivity index (χ2n) is 5.82. The number of amides is 2. The van der Waals surface area contributed by atoms with E-state index in [1.807, 2.05) is 30.3 Å². The maximum absolute atomic E-state index is 12.8. The van der Waals surface area contributed by atoms with Gasteiger partial charge in [-0.15, -0.1) is 0 Å². The number of imide groups is 1. The smallest absolute Gasteiger partial charge is 0.367 e. The van der Waals surface area contributed by atoms with Crippen molar-refractivity contribution in [2.24, 2.45) is 0 Å². The van der Waals surface area contributed by atoms with E-state index in [0.29, 0.717) is 0 Å². The summed E-state index contributed by atoms with van der Waals surface area (Å²) in [4.78, 5) is 25.6. The van der Waals surface area contributed by atoms with Crippen LogP contribution in [-0.2, 0) is 11.0 Å². The lowest BCUT2D eigenvalue weighted by molar-refractivity contribution is -0.137. The van der Waals surface area contributed by atoms with Crippen LogP contribution in [0.3, 0.4) is 0 Å². The van der Waals surface area contributed by atoms with Crippen molar-refractivity contribution in [1.82, 2.24) is 4.90 Å². The van der Waals surface area contributed by atoms with Crippen molar-refractivity contribution in [2.75, 3.05) is 12.0 Å². The molecule has 0 unspecified atom stereocenters. The molecule has 8 heteroatoms. The number of hydrogen-bond acceptors (Lipinski definition) is 4. The molecule has 28 heavy (non-hydrogen) atoms. The number of benzene rings is 2. The Hall–Kier alpha value is -3.00. The summed E-state index contributed by atoms with van der Waals surface area (Å²) in [5.74, 6) is -0.493. The molecule has 0 bridgehead atoms. The van der Waals surface area contributed by atoms with E-state index in [4.69, 9.17) is 0 Å². The molecular weight excluding hydrogens is 389 g/mol. The topological polar surface area (TPSA) is 49.4 Å². The van der Waals surface area contributed by atoms with Gasteiger partial charge in [0.15, 0.2) is 0 Å². The van der Waals surface area contributed by atoms with Gasteiger partial charge in [-0.05, 0) is 41.6 Å². The Kier molecular flexibility index (Phi) is 5.89. The third kappa shape index (κ3) is 4.83. The third-order valence-corrected chi connectivity index (χ3v) is 4.77. The molecular formula is C20H15F3N2O2S. The van der Waals surface area contributed by atoms with Crippen LogP contribution in [0.25, 0.3) is 6.08 Å². The van der Waals surface area contributed by atoms with Gasteiger partial charge in [0.2, 0.25) is 0 Å². The Labute approximate surface area is 163 Å². The first-order valence-corrected chi connectivity index (χ1v) is 9.04. The standard InChI is InChI=1S/C20H15F3N2O2S/c21-20(22,23)15-9-5-10-16(12-15)24-13-25-18(26)17(28-19(25)27)11-4-8-14-6-2-1-3-7-14/h1-12,24H,13H2/b8-4+,17-11-. The summed E-state index contributed by atoms with van der Waals surface area (Å²) >= 11 is 0.787. The second kappa shape index (κ2) is 8.35. The van der Waals surface area contributed by atoms with Crippen molar-refractivity contribution in [1.29, 1.82) is 0 Å². The van der Waals surface area contributed by atoms with E-state index in [1.165, 1.54) is 12.1 Å². The zero-order valence-electron chi connectivity index (χ0n) is 14.4. The minimum Gasteiger partial charge on any atom is -0.367 e. The molecule has 0 radical (unpaired) electrons. The molecule has 0 atom stereocenters. The van der Waals surface area contributed by atoms with Crippen LogP contribution in [0.2, 0.25) is 0 Å². The summed E-state index contributed by atoms with van der Waals surface area (Å²) in [6, 6.07) is 14.0. The predicted octanol–water partition coefficient (Wildman–Crippen LogP) is 5.37. The molecule has 4 nitrogen and oxygen atoms in total. The molecule has 0 spiro atoms. The first-order valence-electron chi connectivity index (χ1n) is 8.23. The van der Waals surface area contributed by atoms with E-state index in [-0.39, 0.29) is 17.3 Å². The maximum atomic E-state index is 12.8. The molecule has 0 aliphatic carbocycles. The van der Waals surface area contributed by atoms with Gasteiger partial charge in [-0.1, -0.05) is 48.6 Å². The number of allylic oxidation sites excluding steroid dienone is 2. The minimum atomic E-state index is -4.46. The van der Waals surface area contributed by atoms with Crippen molar-refractivity contribution in [2.45, 2.75) is 6.18 Å². The Morgan fingerprint density at radius 3 is 2.50 bits per heavy atom. The van der Waals surface area contributed by atoms with Gasteiger partial charge >= 0.3 is 6.18 Å². The number of anilines is 1. The fraction of sp³-hybridized carbons (Fsp3) is 0.100. The summed E-state index contributed by atoms with van der Waals surface area (Å²) < 4.78 is 38.3. The van der Waals surface area contributed by atoms with Gasteiger partial charge in [0.25, 0.3) is 11.1 Å². The minimum absolute atomic E-state index is 0.168. The number of carbonyl (C=O) groups excluding carboxylic acids is 2. The SMILES string of the molecule is O=C1S/C(=C\C=C\c2ccccc2)C(=O)N1CNc1cccc(C(F)(F)F)c1. The summed E-state index contributed by atoms with van der Waals surface area (Å²) in [5.41, 5.74) is 0.309. The van der Waals surface area contributed by atoms with E-state index in [0.717, 1.165) is 34.4 Å². The van der Waals surface area contributed by atoms with Crippen molar-refractivity contribution >= 4 is 34.7 Å². The summed E-state index contributed by atoms with van der Waals surface area (Å²) in [6.45, 7) is -0.217. The first kappa shape index (κ1) is 19.8. The van der Waals surface area contributed by atoms with Gasteiger partial charge in [0.05, 0.1) is 17.1 Å². The first-order chi connectivity index (χ1) is 13.3. The summed E-state index contributed by atoms with van der Waals surface area (Å²) in [5, 5.41) is 2.21. The molecule has 1 heterocycles. The predicted molar refractivity (Wildman–Crippen MR) is 103 cm³/mol. The fourth-order valence-corrected chi connectivity index (χ4v) is 3.23. The van der Waals surface area contributed by atoms with Crippen LogP contribution in [-0.4, -0.2) is 22.7 Å². The van der Waals surface area contributed by atoms with Crippen molar-refractivity contribution < 1.29 is 22.8 Å². The van der Waals surface area contributed by atoms with Crippen molar-refractivity contribution in [3.8, 4) is 0 Å². The van der Waals surface area contributed by atoms with Crippen LogP contribution < -0.4 is 5.32 Å². The Balaban J connectivity index is 1.64. The number of hydrogen-bond donors (Lipinski definition) is 1. The average molecular weight is 404 g/mol. The molecule has 1 N–H and O–H groups in total. The van der Waals surface area contributed by atoms with Gasteiger partial charge in [0, 0.05) is 5.69 Å². The van der Waals surface area contributed by atoms with Gasteiger partial charge in [-0.2, -0.15) is 13.2 Å². The highest BCUT2D eigenvalue weighted by molar-refractivity contribution is 8.18. The monoisotopic (exact) mass is 404 g/mol. The lowest BCUT2D eigenvalue weighted by atomic mass is 10.2. The van der Waals surface area contributed by atoms with Gasteiger partial charge in [-0.3, -0.25) is 14.5 Å². The van der Waals surface area contributed by atoms with E-state index < -0.39 is 22.9 Å². The van der Waals surface area contributed by atoms with Gasteiger partial charge in [0.1, 0.15) is 0 Å². The number of nitrogens with one attached hydrogen (secondary N) is 1. The van der Waals surface area contributed by atoms with Gasteiger partial charge < -0.3 is 5.32 Å². The van der Waals surface area contributed by atoms with Crippen LogP contribution in [0.4, 0.5) is 23.7 Å². The number of thioether (sulfide) groups is 1. The van der Waals surface area contributed by atoms with Crippen LogP contribution in [0, 0.1) is 0 Å². The molecule has 2 aromatic carbocycles. The molecule has 2 amide bonds. The molecule has 1 aliphatic heterocycles. The maximum Gasteiger partial charge on any atom is 0.416 e. The van der Waals surface area contributed by atoms with Crippen LogP contribution in [0.1, 0.15) is 11.1 Å². The Bertz CT molecular complexity index is 940. The van der Waals surface area contributed by atoms with E-state index >= 15 is 0 Å². The van der Waals surface area contributed by atoms with Crippen molar-refractivity contribution in [3.05, 3.63) is 82.8 Å². The van der Waals surface area contributed by atoms with Crippen LogP contribution in [0.5, 0.6) is 0 Å².